The molecule has 0 atom stereocenters. The predicted octanol–water partition coefficient (Wildman–Crippen LogP) is 3.23. The maximum atomic E-state index is 12.8. The number of rotatable bonds is 7. The van der Waals surface area contributed by atoms with Gasteiger partial charge in [0.25, 0.3) is 10.0 Å². The highest BCUT2D eigenvalue weighted by Crippen LogP contribution is 2.25. The smallest absolute Gasteiger partial charge is 0.261 e. The molecular formula is C21H23N3O3S. The van der Waals surface area contributed by atoms with E-state index in [1.807, 2.05) is 37.2 Å². The summed E-state index contributed by atoms with van der Waals surface area (Å²) in [5.41, 5.74) is 2.69. The molecule has 146 valence electrons. The van der Waals surface area contributed by atoms with Crippen LogP contribution in [0.25, 0.3) is 10.9 Å². The Morgan fingerprint density at radius 2 is 1.75 bits per heavy atom. The quantitative estimate of drug-likeness (QED) is 0.662. The molecule has 7 heteroatoms. The largest absolute Gasteiger partial charge is 0.304 e. The molecule has 0 amide bonds. The van der Waals surface area contributed by atoms with Gasteiger partial charge in [0.2, 0.25) is 0 Å². The first-order chi connectivity index (χ1) is 13.2. The number of aromatic nitrogens is 1. The fraction of sp³-hybridized carbons (Fsp3) is 0.238. The fourth-order valence-corrected chi connectivity index (χ4v) is 4.03. The molecule has 0 aliphatic carbocycles. The molecule has 0 fully saturated rings. The Balaban J connectivity index is 1.93. The van der Waals surface area contributed by atoms with Crippen LogP contribution in [0.15, 0.2) is 59.5 Å². The Morgan fingerprint density at radius 3 is 2.39 bits per heavy atom. The Bertz CT molecular complexity index is 1110. The lowest BCUT2D eigenvalue weighted by Crippen LogP contribution is -2.14. The van der Waals surface area contributed by atoms with Gasteiger partial charge in [0.1, 0.15) is 5.78 Å². The first-order valence-corrected chi connectivity index (χ1v) is 10.4. The summed E-state index contributed by atoms with van der Waals surface area (Å²) in [7, 11) is 0.138. The van der Waals surface area contributed by atoms with Crippen molar-refractivity contribution in [3.05, 3.63) is 65.9 Å². The highest BCUT2D eigenvalue weighted by atomic mass is 32.2. The van der Waals surface area contributed by atoms with E-state index in [1.165, 1.54) is 19.1 Å². The molecule has 3 rings (SSSR count). The van der Waals surface area contributed by atoms with Gasteiger partial charge in [-0.25, -0.2) is 13.4 Å². The Hall–Kier alpha value is -2.77. The van der Waals surface area contributed by atoms with Crippen molar-refractivity contribution in [1.82, 2.24) is 9.88 Å². The number of anilines is 1. The van der Waals surface area contributed by atoms with Crippen molar-refractivity contribution >= 4 is 32.4 Å². The second kappa shape index (κ2) is 8.08. The third-order valence-electron chi connectivity index (χ3n) is 4.19. The van der Waals surface area contributed by atoms with Crippen LogP contribution in [0.4, 0.5) is 5.69 Å². The molecule has 0 aliphatic rings. The van der Waals surface area contributed by atoms with E-state index < -0.39 is 10.0 Å². The highest BCUT2D eigenvalue weighted by molar-refractivity contribution is 7.92. The lowest BCUT2D eigenvalue weighted by molar-refractivity contribution is -0.116. The van der Waals surface area contributed by atoms with E-state index >= 15 is 0 Å². The number of hydrogen-bond donors (Lipinski definition) is 1. The summed E-state index contributed by atoms with van der Waals surface area (Å²) in [5, 5.41) is 0.861. The zero-order valence-electron chi connectivity index (χ0n) is 16.1. The van der Waals surface area contributed by atoms with Crippen molar-refractivity contribution in [3.8, 4) is 0 Å². The van der Waals surface area contributed by atoms with E-state index in [9.17, 15) is 13.2 Å². The first kappa shape index (κ1) is 20.0. The number of Topliss-reactive ketones (excluding diaryl/α,β-unsaturated/α-hetero) is 1. The van der Waals surface area contributed by atoms with E-state index in [2.05, 4.69) is 9.71 Å². The van der Waals surface area contributed by atoms with Crippen LogP contribution in [0.5, 0.6) is 0 Å². The molecule has 2 aromatic carbocycles. The van der Waals surface area contributed by atoms with Gasteiger partial charge in [-0.1, -0.05) is 30.3 Å². The van der Waals surface area contributed by atoms with Gasteiger partial charge in [0.05, 0.1) is 21.8 Å². The molecule has 0 spiro atoms. The van der Waals surface area contributed by atoms with Crippen LogP contribution in [0.3, 0.4) is 0 Å². The van der Waals surface area contributed by atoms with Crippen LogP contribution in [0.1, 0.15) is 18.2 Å². The fourth-order valence-electron chi connectivity index (χ4n) is 2.96. The number of carbonyl (C=O) groups is 1. The average molecular weight is 398 g/mol. The minimum Gasteiger partial charge on any atom is -0.304 e. The van der Waals surface area contributed by atoms with Crippen LogP contribution in [0.2, 0.25) is 0 Å². The van der Waals surface area contributed by atoms with E-state index in [0.29, 0.717) is 17.7 Å². The van der Waals surface area contributed by atoms with Crippen molar-refractivity contribution in [2.75, 3.05) is 18.8 Å². The van der Waals surface area contributed by atoms with Crippen molar-refractivity contribution in [1.29, 1.82) is 0 Å². The van der Waals surface area contributed by atoms with E-state index in [1.54, 1.807) is 24.3 Å². The van der Waals surface area contributed by atoms with Gasteiger partial charge in [-0.05, 0) is 50.8 Å². The van der Waals surface area contributed by atoms with E-state index in [-0.39, 0.29) is 17.1 Å². The molecule has 1 heterocycles. The number of nitrogens with one attached hydrogen (secondary N) is 1. The molecule has 0 unspecified atom stereocenters. The second-order valence-corrected chi connectivity index (χ2v) is 8.73. The van der Waals surface area contributed by atoms with Crippen LogP contribution in [-0.4, -0.2) is 38.2 Å². The van der Waals surface area contributed by atoms with Gasteiger partial charge in [-0.2, -0.15) is 0 Å². The Morgan fingerprint density at radius 1 is 1.04 bits per heavy atom. The summed E-state index contributed by atoms with van der Waals surface area (Å²) in [5.74, 6) is 0.0316. The van der Waals surface area contributed by atoms with Crippen molar-refractivity contribution in [3.63, 3.8) is 0 Å². The number of sulfonamides is 1. The summed E-state index contributed by atoms with van der Waals surface area (Å²) in [6, 6.07) is 15.6. The molecule has 0 bridgehead atoms. The molecule has 3 aromatic rings. The van der Waals surface area contributed by atoms with Crippen LogP contribution >= 0.6 is 0 Å². The van der Waals surface area contributed by atoms with Crippen LogP contribution in [0, 0.1) is 0 Å². The molecular weight excluding hydrogens is 374 g/mol. The number of para-hydroxylation sites is 1. The number of pyridine rings is 1. The zero-order valence-corrected chi connectivity index (χ0v) is 17.0. The maximum absolute atomic E-state index is 12.8. The van der Waals surface area contributed by atoms with Gasteiger partial charge in [-0.3, -0.25) is 9.52 Å². The van der Waals surface area contributed by atoms with Crippen LogP contribution < -0.4 is 4.72 Å². The van der Waals surface area contributed by atoms with E-state index in [4.69, 9.17) is 0 Å². The Kier molecular flexibility index (Phi) is 5.76. The molecule has 0 radical (unpaired) electrons. The predicted molar refractivity (Wildman–Crippen MR) is 111 cm³/mol. The lowest BCUT2D eigenvalue weighted by Gasteiger charge is -2.13. The molecule has 28 heavy (non-hydrogen) atoms. The van der Waals surface area contributed by atoms with Crippen molar-refractivity contribution in [2.24, 2.45) is 0 Å². The summed E-state index contributed by atoms with van der Waals surface area (Å²) in [6.45, 7) is 2.17. The minimum atomic E-state index is -3.77. The number of benzene rings is 2. The molecule has 6 nitrogen and oxygen atoms in total. The Labute approximate surface area is 165 Å². The summed E-state index contributed by atoms with van der Waals surface area (Å²) in [4.78, 5) is 18.0. The van der Waals surface area contributed by atoms with Gasteiger partial charge in [0.15, 0.2) is 0 Å². The van der Waals surface area contributed by atoms with Gasteiger partial charge in [-0.15, -0.1) is 0 Å². The number of carbonyl (C=O) groups excluding carboxylic acids is 1. The zero-order chi connectivity index (χ0) is 20.3. The lowest BCUT2D eigenvalue weighted by atomic mass is 10.1. The van der Waals surface area contributed by atoms with Crippen molar-refractivity contribution in [2.45, 2.75) is 24.8 Å². The van der Waals surface area contributed by atoms with Gasteiger partial charge in [0, 0.05) is 18.4 Å². The third-order valence-corrected chi connectivity index (χ3v) is 5.57. The highest BCUT2D eigenvalue weighted by Gasteiger charge is 2.16. The monoisotopic (exact) mass is 397 g/mol. The second-order valence-electron chi connectivity index (χ2n) is 7.05. The molecule has 0 aliphatic heterocycles. The maximum Gasteiger partial charge on any atom is 0.261 e. The molecule has 0 saturated heterocycles. The molecule has 0 saturated carbocycles. The average Bonchev–Trinajstić information content (AvgIpc) is 2.61. The standard InChI is InChI=1S/C21H23N3O3S/c1-15(25)13-16-7-11-19(12-8-16)28(26,27)23-20-6-4-5-17-9-10-18(14-24(2)3)22-21(17)20/h4-12,23H,13-14H2,1-3H3. The topological polar surface area (TPSA) is 79.4 Å². The van der Waals surface area contributed by atoms with E-state index in [0.717, 1.165) is 16.6 Å². The summed E-state index contributed by atoms with van der Waals surface area (Å²) < 4.78 is 28.3. The first-order valence-electron chi connectivity index (χ1n) is 8.89. The third kappa shape index (κ3) is 4.74. The van der Waals surface area contributed by atoms with Gasteiger partial charge >= 0.3 is 0 Å². The van der Waals surface area contributed by atoms with Crippen molar-refractivity contribution < 1.29 is 13.2 Å². The van der Waals surface area contributed by atoms with Crippen LogP contribution in [-0.2, 0) is 27.8 Å². The minimum absolute atomic E-state index is 0.0316. The number of fused-ring (bicyclic) bond motifs is 1. The summed E-state index contributed by atoms with van der Waals surface area (Å²) >= 11 is 0. The van der Waals surface area contributed by atoms with Gasteiger partial charge < -0.3 is 4.90 Å². The summed E-state index contributed by atoms with van der Waals surface area (Å²) in [6.07, 6.45) is 0.287. The normalized spacial score (nSPS) is 11.7. The number of ketones is 1. The SMILES string of the molecule is CC(=O)Cc1ccc(S(=O)(=O)Nc2cccc3ccc(CN(C)C)nc23)cc1. The number of nitrogens with zero attached hydrogens (tertiary/aromatic N) is 2. The molecule has 1 aromatic heterocycles. The number of hydrogen-bond acceptors (Lipinski definition) is 5. The molecule has 1 N–H and O–H groups in total.